The number of nitrogens with zero attached hydrogens (tertiary/aromatic N) is 2. The first-order chi connectivity index (χ1) is 9.16. The van der Waals surface area contributed by atoms with Gasteiger partial charge in [0, 0.05) is 26.2 Å². The first kappa shape index (κ1) is 14.0. The third-order valence-electron chi connectivity index (χ3n) is 3.81. The second-order valence-electron chi connectivity index (χ2n) is 5.22. The van der Waals surface area contributed by atoms with Gasteiger partial charge in [-0.15, -0.1) is 0 Å². The Labute approximate surface area is 114 Å². The lowest BCUT2D eigenvalue weighted by Crippen LogP contribution is -2.51. The number of piperazine rings is 1. The minimum absolute atomic E-state index is 0.353. The molecular formula is C15H22N2O2. The number of rotatable bonds is 5. The van der Waals surface area contributed by atoms with Crippen LogP contribution in [0.15, 0.2) is 30.3 Å². The van der Waals surface area contributed by atoms with E-state index in [0.717, 1.165) is 32.6 Å². The fourth-order valence-electron chi connectivity index (χ4n) is 2.54. The molecule has 1 N–H and O–H groups in total. The number of carboxylic acids is 1. The number of hydrogen-bond acceptors (Lipinski definition) is 3. The number of carboxylic acid groups (broad SMARTS) is 1. The summed E-state index contributed by atoms with van der Waals surface area (Å²) in [6.07, 6.45) is 1.51. The van der Waals surface area contributed by atoms with Gasteiger partial charge in [0.05, 0.1) is 0 Å². The molecule has 2 rings (SSSR count). The molecule has 4 heteroatoms. The molecule has 0 spiro atoms. The van der Waals surface area contributed by atoms with Gasteiger partial charge in [-0.05, 0) is 25.5 Å². The molecule has 0 aliphatic carbocycles. The van der Waals surface area contributed by atoms with Crippen molar-refractivity contribution in [2.45, 2.75) is 18.9 Å². The van der Waals surface area contributed by atoms with Gasteiger partial charge in [-0.2, -0.15) is 0 Å². The van der Waals surface area contributed by atoms with Gasteiger partial charge in [0.25, 0.3) is 0 Å². The van der Waals surface area contributed by atoms with Crippen LogP contribution in [0, 0.1) is 0 Å². The topological polar surface area (TPSA) is 43.8 Å². The molecule has 0 bridgehead atoms. The van der Waals surface area contributed by atoms with Crippen molar-refractivity contribution in [1.29, 1.82) is 0 Å². The van der Waals surface area contributed by atoms with Gasteiger partial charge in [-0.1, -0.05) is 30.3 Å². The van der Waals surface area contributed by atoms with E-state index in [1.54, 1.807) is 0 Å². The first-order valence-electron chi connectivity index (χ1n) is 6.86. The van der Waals surface area contributed by atoms with E-state index in [9.17, 15) is 9.90 Å². The van der Waals surface area contributed by atoms with Crippen LogP contribution >= 0.6 is 0 Å². The zero-order chi connectivity index (χ0) is 13.7. The van der Waals surface area contributed by atoms with Crippen LogP contribution in [0.3, 0.4) is 0 Å². The van der Waals surface area contributed by atoms with Crippen molar-refractivity contribution in [2.75, 3.05) is 33.2 Å². The van der Waals surface area contributed by atoms with Crippen LogP contribution in [-0.2, 0) is 11.2 Å². The van der Waals surface area contributed by atoms with E-state index < -0.39 is 5.97 Å². The Morgan fingerprint density at radius 1 is 1.21 bits per heavy atom. The van der Waals surface area contributed by atoms with Crippen molar-refractivity contribution >= 4 is 5.97 Å². The van der Waals surface area contributed by atoms with E-state index in [-0.39, 0.29) is 6.04 Å². The summed E-state index contributed by atoms with van der Waals surface area (Å²) in [5.41, 5.74) is 1.21. The molecule has 1 fully saturated rings. The lowest BCUT2D eigenvalue weighted by atomic mass is 10.0. The highest BCUT2D eigenvalue weighted by atomic mass is 16.4. The standard InChI is InChI=1S/C15H22N2O2/c1-16-9-11-17(12-10-16)14(15(18)19)8-7-13-5-3-2-4-6-13/h2-6,14H,7-12H2,1H3,(H,18,19). The number of aryl methyl sites for hydroxylation is 1. The molecule has 0 amide bonds. The third-order valence-corrected chi connectivity index (χ3v) is 3.81. The molecule has 0 radical (unpaired) electrons. The molecule has 1 aromatic rings. The summed E-state index contributed by atoms with van der Waals surface area (Å²) in [4.78, 5) is 15.8. The average molecular weight is 262 g/mol. The Bertz CT molecular complexity index is 400. The molecule has 0 aromatic heterocycles. The summed E-state index contributed by atoms with van der Waals surface area (Å²) in [6.45, 7) is 3.61. The van der Waals surface area contributed by atoms with Gasteiger partial charge in [0.2, 0.25) is 0 Å². The van der Waals surface area contributed by atoms with Crippen LogP contribution in [0.1, 0.15) is 12.0 Å². The zero-order valence-corrected chi connectivity index (χ0v) is 11.5. The summed E-state index contributed by atoms with van der Waals surface area (Å²) in [5.74, 6) is -0.694. The Hall–Kier alpha value is -1.39. The predicted octanol–water partition coefficient (Wildman–Crippen LogP) is 1.32. The maximum atomic E-state index is 11.4. The molecule has 104 valence electrons. The van der Waals surface area contributed by atoms with E-state index in [1.165, 1.54) is 5.56 Å². The maximum Gasteiger partial charge on any atom is 0.320 e. The highest BCUT2D eigenvalue weighted by Crippen LogP contribution is 2.12. The van der Waals surface area contributed by atoms with E-state index in [2.05, 4.69) is 29.0 Å². The Morgan fingerprint density at radius 2 is 1.84 bits per heavy atom. The molecule has 1 aliphatic rings. The Kier molecular flexibility index (Phi) is 4.93. The smallest absolute Gasteiger partial charge is 0.320 e. The first-order valence-corrected chi connectivity index (χ1v) is 6.86. The monoisotopic (exact) mass is 262 g/mol. The van der Waals surface area contributed by atoms with Gasteiger partial charge in [0.15, 0.2) is 0 Å². The van der Waals surface area contributed by atoms with Gasteiger partial charge in [0.1, 0.15) is 6.04 Å². The van der Waals surface area contributed by atoms with E-state index in [1.807, 2.05) is 18.2 Å². The van der Waals surface area contributed by atoms with Crippen LogP contribution in [0.5, 0.6) is 0 Å². The number of likely N-dealkylation sites (N-methyl/N-ethyl adjacent to an activating group) is 1. The van der Waals surface area contributed by atoms with E-state index in [4.69, 9.17) is 0 Å². The van der Waals surface area contributed by atoms with Crippen LogP contribution in [-0.4, -0.2) is 60.1 Å². The minimum Gasteiger partial charge on any atom is -0.480 e. The number of hydrogen-bond donors (Lipinski definition) is 1. The van der Waals surface area contributed by atoms with Crippen LogP contribution in [0.4, 0.5) is 0 Å². The van der Waals surface area contributed by atoms with Gasteiger partial charge in [-0.25, -0.2) is 0 Å². The molecule has 1 heterocycles. The van der Waals surface area contributed by atoms with Crippen molar-refractivity contribution in [2.24, 2.45) is 0 Å². The van der Waals surface area contributed by atoms with E-state index in [0.29, 0.717) is 6.42 Å². The summed E-state index contributed by atoms with van der Waals surface area (Å²) in [5, 5.41) is 9.41. The second kappa shape index (κ2) is 6.68. The summed E-state index contributed by atoms with van der Waals surface area (Å²) >= 11 is 0. The van der Waals surface area contributed by atoms with Crippen molar-refractivity contribution in [1.82, 2.24) is 9.80 Å². The largest absolute Gasteiger partial charge is 0.480 e. The fourth-order valence-corrected chi connectivity index (χ4v) is 2.54. The lowest BCUT2D eigenvalue weighted by Gasteiger charge is -2.36. The zero-order valence-electron chi connectivity index (χ0n) is 11.5. The summed E-state index contributed by atoms with van der Waals surface area (Å²) in [6, 6.07) is 9.75. The molecule has 4 nitrogen and oxygen atoms in total. The number of carbonyl (C=O) groups is 1. The van der Waals surface area contributed by atoms with E-state index >= 15 is 0 Å². The Balaban J connectivity index is 1.91. The second-order valence-corrected chi connectivity index (χ2v) is 5.22. The Morgan fingerprint density at radius 3 is 2.42 bits per heavy atom. The molecule has 1 unspecified atom stereocenters. The van der Waals surface area contributed by atoms with Crippen molar-refractivity contribution in [3.05, 3.63) is 35.9 Å². The van der Waals surface area contributed by atoms with Gasteiger partial charge < -0.3 is 10.0 Å². The van der Waals surface area contributed by atoms with Crippen molar-refractivity contribution < 1.29 is 9.90 Å². The van der Waals surface area contributed by atoms with Crippen LogP contribution in [0.2, 0.25) is 0 Å². The highest BCUT2D eigenvalue weighted by molar-refractivity contribution is 5.73. The molecule has 1 aliphatic heterocycles. The minimum atomic E-state index is -0.694. The normalized spacial score (nSPS) is 19.2. The maximum absolute atomic E-state index is 11.4. The highest BCUT2D eigenvalue weighted by Gasteiger charge is 2.27. The lowest BCUT2D eigenvalue weighted by molar-refractivity contribution is -0.144. The van der Waals surface area contributed by atoms with Crippen molar-refractivity contribution in [3.8, 4) is 0 Å². The number of aliphatic carboxylic acids is 1. The molecule has 1 aromatic carbocycles. The molecule has 1 atom stereocenters. The summed E-state index contributed by atoms with van der Waals surface area (Å²) in [7, 11) is 2.08. The quantitative estimate of drug-likeness (QED) is 0.869. The van der Waals surface area contributed by atoms with Crippen molar-refractivity contribution in [3.63, 3.8) is 0 Å². The summed E-state index contributed by atoms with van der Waals surface area (Å²) < 4.78 is 0. The van der Waals surface area contributed by atoms with Gasteiger partial charge in [-0.3, -0.25) is 9.69 Å². The average Bonchev–Trinajstić information content (AvgIpc) is 2.42. The fraction of sp³-hybridized carbons (Fsp3) is 0.533. The SMILES string of the molecule is CN1CCN(C(CCc2ccccc2)C(=O)O)CC1. The molecule has 0 saturated carbocycles. The van der Waals surface area contributed by atoms with Gasteiger partial charge >= 0.3 is 5.97 Å². The third kappa shape index (κ3) is 4.04. The molecule has 1 saturated heterocycles. The van der Waals surface area contributed by atoms with Crippen LogP contribution < -0.4 is 0 Å². The molecule has 19 heavy (non-hydrogen) atoms. The molecular weight excluding hydrogens is 240 g/mol. The number of benzene rings is 1. The predicted molar refractivity (Wildman–Crippen MR) is 75.3 cm³/mol. The van der Waals surface area contributed by atoms with Crippen LogP contribution in [0.25, 0.3) is 0 Å².